The van der Waals surface area contributed by atoms with Gasteiger partial charge in [-0.2, -0.15) is 0 Å². The molecule has 1 unspecified atom stereocenters. The van der Waals surface area contributed by atoms with Crippen molar-refractivity contribution < 1.29 is 4.79 Å². The molecule has 162 valence electrons. The number of piperidine rings is 1. The lowest BCUT2D eigenvalue weighted by molar-refractivity contribution is -0.121. The van der Waals surface area contributed by atoms with Crippen LogP contribution in [0.4, 0.5) is 0 Å². The van der Waals surface area contributed by atoms with Crippen LogP contribution in [-0.2, 0) is 17.9 Å². The van der Waals surface area contributed by atoms with Gasteiger partial charge in [-0.15, -0.1) is 0 Å². The largest absolute Gasteiger partial charge is 0.357 e. The number of carbonyl (C=O) groups is 1. The molecule has 1 saturated heterocycles. The van der Waals surface area contributed by atoms with Crippen molar-refractivity contribution in [1.82, 2.24) is 20.9 Å². The Morgan fingerprint density at radius 1 is 1.07 bits per heavy atom. The zero-order chi connectivity index (χ0) is 20.9. The summed E-state index contributed by atoms with van der Waals surface area (Å²) in [7, 11) is 0. The molecule has 1 atom stereocenters. The zero-order valence-corrected chi connectivity index (χ0v) is 18.5. The first-order chi connectivity index (χ1) is 14.1. The van der Waals surface area contributed by atoms with Gasteiger partial charge in [-0.3, -0.25) is 9.69 Å². The van der Waals surface area contributed by atoms with E-state index < -0.39 is 0 Å². The molecule has 1 fully saturated rings. The molecule has 3 N–H and O–H groups in total. The average Bonchev–Trinajstić information content (AvgIpc) is 2.73. The maximum Gasteiger partial charge on any atom is 0.221 e. The fourth-order valence-corrected chi connectivity index (χ4v) is 3.38. The van der Waals surface area contributed by atoms with Crippen molar-refractivity contribution in [2.75, 3.05) is 26.2 Å². The third kappa shape index (κ3) is 9.31. The molecule has 1 aliphatic heterocycles. The Bertz CT molecular complexity index is 623. The van der Waals surface area contributed by atoms with E-state index in [-0.39, 0.29) is 11.9 Å². The van der Waals surface area contributed by atoms with Gasteiger partial charge in [0.05, 0.1) is 6.54 Å². The smallest absolute Gasteiger partial charge is 0.221 e. The number of amides is 1. The zero-order valence-electron chi connectivity index (χ0n) is 18.5. The van der Waals surface area contributed by atoms with Gasteiger partial charge in [-0.1, -0.05) is 37.6 Å². The molecule has 0 aromatic heterocycles. The lowest BCUT2D eigenvalue weighted by Crippen LogP contribution is -2.40. The number of rotatable bonds is 10. The van der Waals surface area contributed by atoms with E-state index >= 15 is 0 Å². The number of guanidine groups is 1. The van der Waals surface area contributed by atoms with Crippen LogP contribution < -0.4 is 16.0 Å². The van der Waals surface area contributed by atoms with Gasteiger partial charge in [0.2, 0.25) is 5.91 Å². The van der Waals surface area contributed by atoms with Crippen LogP contribution in [0.25, 0.3) is 0 Å². The van der Waals surface area contributed by atoms with Crippen LogP contribution >= 0.6 is 0 Å². The van der Waals surface area contributed by atoms with E-state index in [4.69, 9.17) is 0 Å². The van der Waals surface area contributed by atoms with E-state index in [9.17, 15) is 4.79 Å². The topological polar surface area (TPSA) is 68.8 Å². The Balaban J connectivity index is 1.78. The highest BCUT2D eigenvalue weighted by molar-refractivity contribution is 5.81. The highest BCUT2D eigenvalue weighted by Crippen LogP contribution is 2.14. The van der Waals surface area contributed by atoms with E-state index in [1.165, 1.54) is 43.5 Å². The highest BCUT2D eigenvalue weighted by atomic mass is 16.1. The molecular formula is C23H39N5O. The molecule has 1 amide bonds. The van der Waals surface area contributed by atoms with Crippen molar-refractivity contribution >= 4 is 11.9 Å². The SMILES string of the molecule is CCNC(=NCc1ccc(CN2CCCCC2)cc1)NCCC(=O)NC(C)CC. The molecule has 6 nitrogen and oxygen atoms in total. The van der Waals surface area contributed by atoms with Crippen LogP contribution in [-0.4, -0.2) is 49.0 Å². The van der Waals surface area contributed by atoms with Crippen LogP contribution in [0.1, 0.15) is 64.0 Å². The summed E-state index contributed by atoms with van der Waals surface area (Å²) < 4.78 is 0. The Hall–Kier alpha value is -2.08. The second-order valence-electron chi connectivity index (χ2n) is 7.90. The molecule has 1 aromatic carbocycles. The normalized spacial score (nSPS) is 16.3. The summed E-state index contributed by atoms with van der Waals surface area (Å²) in [6.07, 6.45) is 5.41. The first-order valence-corrected chi connectivity index (χ1v) is 11.2. The quantitative estimate of drug-likeness (QED) is 0.416. The van der Waals surface area contributed by atoms with E-state index in [1.54, 1.807) is 0 Å². The van der Waals surface area contributed by atoms with Crippen LogP contribution in [0.2, 0.25) is 0 Å². The molecule has 0 saturated carbocycles. The molecule has 0 bridgehead atoms. The number of aliphatic imine (C=N–C) groups is 1. The monoisotopic (exact) mass is 401 g/mol. The summed E-state index contributed by atoms with van der Waals surface area (Å²) in [5.74, 6) is 0.827. The second-order valence-corrected chi connectivity index (χ2v) is 7.90. The summed E-state index contributed by atoms with van der Waals surface area (Å²) in [5, 5.41) is 9.48. The van der Waals surface area contributed by atoms with E-state index in [1.807, 2.05) is 13.8 Å². The van der Waals surface area contributed by atoms with Crippen molar-refractivity contribution in [3.05, 3.63) is 35.4 Å². The van der Waals surface area contributed by atoms with Gasteiger partial charge in [0.25, 0.3) is 0 Å². The first kappa shape index (κ1) is 23.2. The molecular weight excluding hydrogens is 362 g/mol. The van der Waals surface area contributed by atoms with Crippen molar-refractivity contribution in [3.8, 4) is 0 Å². The number of hydrogen-bond donors (Lipinski definition) is 3. The Morgan fingerprint density at radius 3 is 2.41 bits per heavy atom. The van der Waals surface area contributed by atoms with Crippen LogP contribution in [0.3, 0.4) is 0 Å². The summed E-state index contributed by atoms with van der Waals surface area (Å²) in [6, 6.07) is 9.01. The van der Waals surface area contributed by atoms with Crippen molar-refractivity contribution in [1.29, 1.82) is 0 Å². The second kappa shape index (κ2) is 13.2. The third-order valence-electron chi connectivity index (χ3n) is 5.31. The Morgan fingerprint density at radius 2 is 1.76 bits per heavy atom. The van der Waals surface area contributed by atoms with Gasteiger partial charge in [-0.25, -0.2) is 4.99 Å². The van der Waals surface area contributed by atoms with Gasteiger partial charge in [0.15, 0.2) is 5.96 Å². The van der Waals surface area contributed by atoms with E-state index in [0.717, 1.165) is 25.5 Å². The van der Waals surface area contributed by atoms with Gasteiger partial charge in [0.1, 0.15) is 0 Å². The number of likely N-dealkylation sites (tertiary alicyclic amines) is 1. The van der Waals surface area contributed by atoms with Gasteiger partial charge >= 0.3 is 0 Å². The van der Waals surface area contributed by atoms with E-state index in [2.05, 4.69) is 57.0 Å². The summed E-state index contributed by atoms with van der Waals surface area (Å²) in [4.78, 5) is 19.1. The molecule has 0 spiro atoms. The fraction of sp³-hybridized carbons (Fsp3) is 0.652. The summed E-state index contributed by atoms with van der Waals surface area (Å²) in [5.41, 5.74) is 2.57. The van der Waals surface area contributed by atoms with Crippen molar-refractivity contribution in [2.45, 2.75) is 72.0 Å². The van der Waals surface area contributed by atoms with Crippen LogP contribution in [0.5, 0.6) is 0 Å². The molecule has 1 heterocycles. The predicted octanol–water partition coefficient (Wildman–Crippen LogP) is 3.03. The van der Waals surface area contributed by atoms with E-state index in [0.29, 0.717) is 19.5 Å². The minimum absolute atomic E-state index is 0.0759. The third-order valence-corrected chi connectivity index (χ3v) is 5.31. The van der Waals surface area contributed by atoms with Crippen LogP contribution in [0.15, 0.2) is 29.3 Å². The van der Waals surface area contributed by atoms with Crippen molar-refractivity contribution in [3.63, 3.8) is 0 Å². The number of benzene rings is 1. The highest BCUT2D eigenvalue weighted by Gasteiger charge is 2.10. The summed E-state index contributed by atoms with van der Waals surface area (Å²) in [6.45, 7) is 11.6. The minimum Gasteiger partial charge on any atom is -0.357 e. The molecule has 29 heavy (non-hydrogen) atoms. The molecule has 0 aliphatic carbocycles. The number of nitrogens with zero attached hydrogens (tertiary/aromatic N) is 2. The lowest BCUT2D eigenvalue weighted by atomic mass is 10.1. The van der Waals surface area contributed by atoms with Gasteiger partial charge < -0.3 is 16.0 Å². The predicted molar refractivity (Wildman–Crippen MR) is 121 cm³/mol. The summed E-state index contributed by atoms with van der Waals surface area (Å²) >= 11 is 0. The standard InChI is InChI=1S/C23H39N5O/c1-4-19(3)27-22(29)13-14-25-23(24-5-2)26-17-20-9-11-21(12-10-20)18-28-15-7-6-8-16-28/h9-12,19H,4-8,13-18H2,1-3H3,(H,27,29)(H2,24,25,26). The number of nitrogens with one attached hydrogen (secondary N) is 3. The minimum atomic E-state index is 0.0759. The molecule has 1 aromatic rings. The average molecular weight is 402 g/mol. The Kier molecular flexibility index (Phi) is 10.6. The molecule has 0 radical (unpaired) electrons. The van der Waals surface area contributed by atoms with Crippen molar-refractivity contribution in [2.24, 2.45) is 4.99 Å². The lowest BCUT2D eigenvalue weighted by Gasteiger charge is -2.26. The van der Waals surface area contributed by atoms with Gasteiger partial charge in [0, 0.05) is 32.1 Å². The number of carbonyl (C=O) groups excluding carboxylic acids is 1. The molecule has 2 rings (SSSR count). The maximum atomic E-state index is 11.9. The Labute approximate surface area is 176 Å². The molecule has 1 aliphatic rings. The maximum absolute atomic E-state index is 11.9. The number of hydrogen-bond acceptors (Lipinski definition) is 3. The first-order valence-electron chi connectivity index (χ1n) is 11.2. The van der Waals surface area contributed by atoms with Gasteiger partial charge in [-0.05, 0) is 57.3 Å². The molecule has 6 heteroatoms. The van der Waals surface area contributed by atoms with Crippen LogP contribution in [0, 0.1) is 0 Å². The fourth-order valence-electron chi connectivity index (χ4n) is 3.38.